The Morgan fingerprint density at radius 3 is 2.50 bits per heavy atom. The predicted molar refractivity (Wildman–Crippen MR) is 57.9 cm³/mol. The third-order valence-electron chi connectivity index (χ3n) is 4.60. The van der Waals surface area contributed by atoms with Gasteiger partial charge in [-0.2, -0.15) is 4.79 Å². The second kappa shape index (κ2) is 3.63. The highest BCUT2D eigenvalue weighted by atomic mass is 16.2. The first-order chi connectivity index (χ1) is 7.57. The molecule has 0 aliphatic heterocycles. The molecule has 0 aromatic rings. The quantitative estimate of drug-likeness (QED) is 0.308. The fourth-order valence-electron chi connectivity index (χ4n) is 3.34. The highest BCUT2D eigenvalue weighted by molar-refractivity contribution is 6.35. The Bertz CT molecular complexity index is 390. The number of ketones is 2. The number of rotatable bonds is 2. The van der Waals surface area contributed by atoms with Gasteiger partial charge in [0.2, 0.25) is 5.78 Å². The molecule has 0 aromatic heterocycles. The normalized spacial score (nSPS) is 31.7. The smallest absolute Gasteiger partial charge is 0.324 e. The summed E-state index contributed by atoms with van der Waals surface area (Å²) in [4.78, 5) is 26.4. The van der Waals surface area contributed by atoms with Gasteiger partial charge in [0.15, 0.2) is 0 Å². The Morgan fingerprint density at radius 2 is 2.00 bits per heavy atom. The van der Waals surface area contributed by atoms with Crippen molar-refractivity contribution in [1.82, 2.24) is 0 Å². The molecule has 16 heavy (non-hydrogen) atoms. The highest BCUT2D eigenvalue weighted by Gasteiger charge is 2.66. The predicted octanol–water partition coefficient (Wildman–Crippen LogP) is 1.79. The van der Waals surface area contributed by atoms with E-state index < -0.39 is 5.41 Å². The summed E-state index contributed by atoms with van der Waals surface area (Å²) < 4.78 is 0. The first-order valence-electron chi connectivity index (χ1n) is 5.82. The molecule has 0 bridgehead atoms. The Morgan fingerprint density at radius 1 is 1.38 bits per heavy atom. The van der Waals surface area contributed by atoms with E-state index in [1.54, 1.807) is 6.92 Å². The van der Waals surface area contributed by atoms with Gasteiger partial charge in [-0.3, -0.25) is 9.59 Å². The average Bonchev–Trinajstić information content (AvgIpc) is 2.29. The topological polar surface area (TPSA) is 70.5 Å². The van der Waals surface area contributed by atoms with E-state index in [1.807, 2.05) is 0 Å². The molecule has 2 aliphatic rings. The molecular formula is C12H16N2O2. The van der Waals surface area contributed by atoms with Crippen LogP contribution >= 0.6 is 0 Å². The van der Waals surface area contributed by atoms with Gasteiger partial charge in [0.1, 0.15) is 11.2 Å². The maximum atomic E-state index is 11.9. The molecule has 0 N–H and O–H groups in total. The van der Waals surface area contributed by atoms with Gasteiger partial charge in [-0.15, -0.1) is 0 Å². The lowest BCUT2D eigenvalue weighted by Gasteiger charge is -2.56. The van der Waals surface area contributed by atoms with Gasteiger partial charge >= 0.3 is 6.21 Å². The van der Waals surface area contributed by atoms with E-state index >= 15 is 0 Å². The zero-order valence-electron chi connectivity index (χ0n) is 9.53. The SMILES string of the molecule is CC1(C(=O)C=[N+]=[N-])C(=O)CC12CCCCC2. The van der Waals surface area contributed by atoms with E-state index in [1.165, 1.54) is 6.42 Å². The summed E-state index contributed by atoms with van der Waals surface area (Å²) in [5.41, 5.74) is 7.35. The zero-order chi connectivity index (χ0) is 11.8. The summed E-state index contributed by atoms with van der Waals surface area (Å²) >= 11 is 0. The molecule has 2 rings (SSSR count). The molecule has 1 unspecified atom stereocenters. The third kappa shape index (κ3) is 1.23. The summed E-state index contributed by atoms with van der Waals surface area (Å²) in [6.45, 7) is 1.72. The summed E-state index contributed by atoms with van der Waals surface area (Å²) in [6, 6.07) is 0. The Kier molecular flexibility index (Phi) is 2.55. The third-order valence-corrected chi connectivity index (χ3v) is 4.60. The molecule has 0 heterocycles. The lowest BCUT2D eigenvalue weighted by Crippen LogP contribution is -2.62. The highest BCUT2D eigenvalue weighted by Crippen LogP contribution is 2.61. The molecule has 2 aliphatic carbocycles. The minimum absolute atomic E-state index is 0.000648. The second-order valence-electron chi connectivity index (χ2n) is 5.17. The molecule has 0 saturated heterocycles. The van der Waals surface area contributed by atoms with Crippen LogP contribution in [0.3, 0.4) is 0 Å². The van der Waals surface area contributed by atoms with Crippen molar-refractivity contribution in [3.05, 3.63) is 5.53 Å². The van der Waals surface area contributed by atoms with Crippen LogP contribution in [-0.4, -0.2) is 22.6 Å². The lowest BCUT2D eigenvalue weighted by molar-refractivity contribution is -0.169. The second-order valence-corrected chi connectivity index (χ2v) is 5.17. The summed E-state index contributed by atoms with van der Waals surface area (Å²) in [5.74, 6) is -0.340. The number of hydrogen-bond acceptors (Lipinski definition) is 2. The van der Waals surface area contributed by atoms with Crippen molar-refractivity contribution in [3.8, 4) is 0 Å². The number of Topliss-reactive ketones (excluding diaryl/α,β-unsaturated/α-hetero) is 2. The number of nitrogens with zero attached hydrogens (tertiary/aromatic N) is 2. The van der Waals surface area contributed by atoms with Crippen LogP contribution < -0.4 is 0 Å². The van der Waals surface area contributed by atoms with Crippen LogP contribution in [0, 0.1) is 10.8 Å². The Labute approximate surface area is 94.6 Å². The van der Waals surface area contributed by atoms with Crippen molar-refractivity contribution in [2.24, 2.45) is 10.8 Å². The zero-order valence-corrected chi connectivity index (χ0v) is 9.53. The molecule has 4 heteroatoms. The first kappa shape index (κ1) is 11.2. The average molecular weight is 220 g/mol. The molecule has 1 atom stereocenters. The first-order valence-corrected chi connectivity index (χ1v) is 5.82. The minimum atomic E-state index is -0.931. The van der Waals surface area contributed by atoms with Gasteiger partial charge in [-0.25, -0.2) is 0 Å². The summed E-state index contributed by atoms with van der Waals surface area (Å²) in [7, 11) is 0. The molecule has 0 amide bonds. The largest absolute Gasteiger partial charge is 0.361 e. The maximum Gasteiger partial charge on any atom is 0.324 e. The fourth-order valence-corrected chi connectivity index (χ4v) is 3.34. The van der Waals surface area contributed by atoms with Crippen molar-refractivity contribution in [3.63, 3.8) is 0 Å². The number of carbonyl (C=O) groups is 2. The van der Waals surface area contributed by atoms with E-state index in [0.717, 1.165) is 31.9 Å². The summed E-state index contributed by atoms with van der Waals surface area (Å²) in [6.07, 6.45) is 6.66. The monoisotopic (exact) mass is 220 g/mol. The van der Waals surface area contributed by atoms with Crippen molar-refractivity contribution in [2.75, 3.05) is 0 Å². The van der Waals surface area contributed by atoms with Gasteiger partial charge < -0.3 is 5.53 Å². The minimum Gasteiger partial charge on any atom is -0.361 e. The molecule has 1 spiro atoms. The standard InChI is InChI=1S/C12H16N2O2/c1-11(10(16)8-14-13)9(15)7-12(11)5-3-2-4-6-12/h8H,2-7H2,1H3. The number of carbonyl (C=O) groups excluding carboxylic acids is 2. The molecule has 2 fully saturated rings. The van der Waals surface area contributed by atoms with Crippen LogP contribution in [0.2, 0.25) is 0 Å². The maximum absolute atomic E-state index is 11.9. The van der Waals surface area contributed by atoms with E-state index in [-0.39, 0.29) is 17.0 Å². The van der Waals surface area contributed by atoms with Crippen molar-refractivity contribution >= 4 is 17.8 Å². The van der Waals surface area contributed by atoms with E-state index in [9.17, 15) is 9.59 Å². The van der Waals surface area contributed by atoms with Crippen molar-refractivity contribution < 1.29 is 14.4 Å². The van der Waals surface area contributed by atoms with Crippen LogP contribution in [0.1, 0.15) is 45.4 Å². The molecule has 86 valence electrons. The van der Waals surface area contributed by atoms with Gasteiger partial charge in [0, 0.05) is 6.42 Å². The fraction of sp³-hybridized carbons (Fsp3) is 0.750. The van der Waals surface area contributed by atoms with Gasteiger partial charge in [-0.05, 0) is 25.2 Å². The van der Waals surface area contributed by atoms with E-state index in [2.05, 4.69) is 4.79 Å². The molecule has 2 saturated carbocycles. The van der Waals surface area contributed by atoms with E-state index in [4.69, 9.17) is 5.53 Å². The molecule has 0 aromatic carbocycles. The van der Waals surface area contributed by atoms with Crippen LogP contribution in [0.4, 0.5) is 0 Å². The van der Waals surface area contributed by atoms with Crippen LogP contribution in [0.15, 0.2) is 0 Å². The van der Waals surface area contributed by atoms with Gasteiger partial charge in [0.25, 0.3) is 0 Å². The Hall–Kier alpha value is -1.28. The van der Waals surface area contributed by atoms with Gasteiger partial charge in [-0.1, -0.05) is 19.3 Å². The van der Waals surface area contributed by atoms with Crippen LogP contribution in [0.25, 0.3) is 5.53 Å². The molecule has 0 radical (unpaired) electrons. The molecular weight excluding hydrogens is 204 g/mol. The van der Waals surface area contributed by atoms with Crippen molar-refractivity contribution in [1.29, 1.82) is 0 Å². The molecule has 4 nitrogen and oxygen atoms in total. The van der Waals surface area contributed by atoms with E-state index in [0.29, 0.717) is 6.42 Å². The summed E-state index contributed by atoms with van der Waals surface area (Å²) in [5, 5.41) is 0. The van der Waals surface area contributed by atoms with Crippen LogP contribution in [-0.2, 0) is 9.59 Å². The van der Waals surface area contributed by atoms with Crippen molar-refractivity contribution in [2.45, 2.75) is 45.4 Å². The Balaban J connectivity index is 2.32. The lowest BCUT2D eigenvalue weighted by atomic mass is 9.43. The van der Waals surface area contributed by atoms with Gasteiger partial charge in [0.05, 0.1) is 0 Å². The number of hydrogen-bond donors (Lipinski definition) is 0. The van der Waals surface area contributed by atoms with Crippen LogP contribution in [0.5, 0.6) is 0 Å².